The monoisotopic (exact) mass is 492 g/mol. The van der Waals surface area contributed by atoms with E-state index in [1.165, 1.54) is 24.5 Å². The Morgan fingerprint density at radius 1 is 1.24 bits per heavy atom. The van der Waals surface area contributed by atoms with Gasteiger partial charge in [0.1, 0.15) is 12.2 Å². The van der Waals surface area contributed by atoms with Crippen LogP contribution >= 0.6 is 11.3 Å². The number of methoxy groups -OCH3 is 1. The van der Waals surface area contributed by atoms with Crippen molar-refractivity contribution in [1.82, 2.24) is 10.3 Å². The number of para-hydroxylation sites is 1. The number of hydrogen-bond acceptors (Lipinski definition) is 9. The van der Waals surface area contributed by atoms with Crippen molar-refractivity contribution in [2.75, 3.05) is 18.1 Å². The highest BCUT2D eigenvalue weighted by atomic mass is 32.2. The van der Waals surface area contributed by atoms with Gasteiger partial charge in [-0.15, -0.1) is 11.3 Å². The number of thiazole rings is 1. The molecule has 0 spiro atoms. The SMILES string of the molecule is COc1cc(C(=O)NCc2ccccc2NS(C)(=O)=O)c([N+](=O)[O-])cc1OCc1cscn1. The molecule has 0 saturated carbocycles. The number of amides is 1. The number of nitrogens with one attached hydrogen (secondary N) is 2. The highest BCUT2D eigenvalue weighted by Crippen LogP contribution is 2.35. The van der Waals surface area contributed by atoms with Crippen LogP contribution in [0, 0.1) is 10.1 Å². The van der Waals surface area contributed by atoms with Gasteiger partial charge in [-0.3, -0.25) is 19.6 Å². The molecular formula is C20H20N4O7S2. The lowest BCUT2D eigenvalue weighted by molar-refractivity contribution is -0.385. The van der Waals surface area contributed by atoms with Gasteiger partial charge in [0, 0.05) is 18.0 Å². The highest BCUT2D eigenvalue weighted by molar-refractivity contribution is 7.92. The molecule has 174 valence electrons. The van der Waals surface area contributed by atoms with E-state index in [0.29, 0.717) is 11.3 Å². The average Bonchev–Trinajstić information content (AvgIpc) is 3.28. The fraction of sp³-hybridized carbons (Fsp3) is 0.200. The molecule has 11 nitrogen and oxygen atoms in total. The Balaban J connectivity index is 1.83. The van der Waals surface area contributed by atoms with Crippen molar-refractivity contribution in [3.05, 3.63) is 74.2 Å². The maximum absolute atomic E-state index is 12.8. The lowest BCUT2D eigenvalue weighted by atomic mass is 10.1. The van der Waals surface area contributed by atoms with Gasteiger partial charge in [0.25, 0.3) is 11.6 Å². The van der Waals surface area contributed by atoms with E-state index in [0.717, 1.165) is 12.3 Å². The fourth-order valence-electron chi connectivity index (χ4n) is 2.86. The third-order valence-corrected chi connectivity index (χ3v) is 5.56. The Morgan fingerprint density at radius 2 is 2.00 bits per heavy atom. The molecule has 2 aromatic carbocycles. The molecule has 33 heavy (non-hydrogen) atoms. The first-order chi connectivity index (χ1) is 15.7. The highest BCUT2D eigenvalue weighted by Gasteiger charge is 2.25. The fourth-order valence-corrected chi connectivity index (χ4v) is 4.00. The van der Waals surface area contributed by atoms with E-state index in [2.05, 4.69) is 15.0 Å². The van der Waals surface area contributed by atoms with Gasteiger partial charge in [0.15, 0.2) is 11.5 Å². The quantitative estimate of drug-likeness (QED) is 0.324. The molecule has 1 aromatic heterocycles. The zero-order valence-electron chi connectivity index (χ0n) is 17.6. The smallest absolute Gasteiger partial charge is 0.286 e. The van der Waals surface area contributed by atoms with Crippen LogP contribution in [0.4, 0.5) is 11.4 Å². The Bertz CT molecular complexity index is 1260. The molecule has 0 atom stereocenters. The van der Waals surface area contributed by atoms with Crippen molar-refractivity contribution < 1.29 is 27.6 Å². The van der Waals surface area contributed by atoms with Crippen LogP contribution in [0.2, 0.25) is 0 Å². The van der Waals surface area contributed by atoms with Crippen molar-refractivity contribution >= 4 is 38.6 Å². The number of aromatic nitrogens is 1. The molecule has 0 unspecified atom stereocenters. The zero-order chi connectivity index (χ0) is 24.0. The van der Waals surface area contributed by atoms with E-state index in [1.807, 2.05) is 0 Å². The van der Waals surface area contributed by atoms with Crippen molar-refractivity contribution in [1.29, 1.82) is 0 Å². The van der Waals surface area contributed by atoms with E-state index >= 15 is 0 Å². The Kier molecular flexibility index (Phi) is 7.45. The van der Waals surface area contributed by atoms with Gasteiger partial charge in [-0.05, 0) is 11.6 Å². The van der Waals surface area contributed by atoms with Crippen LogP contribution in [-0.4, -0.2) is 37.6 Å². The number of nitro groups is 1. The average molecular weight is 493 g/mol. The van der Waals surface area contributed by atoms with Crippen LogP contribution < -0.4 is 19.5 Å². The van der Waals surface area contributed by atoms with Crippen LogP contribution in [0.25, 0.3) is 0 Å². The van der Waals surface area contributed by atoms with E-state index < -0.39 is 26.5 Å². The van der Waals surface area contributed by atoms with Gasteiger partial charge in [-0.1, -0.05) is 18.2 Å². The molecule has 0 fully saturated rings. The summed E-state index contributed by atoms with van der Waals surface area (Å²) in [6, 6.07) is 8.83. The number of rotatable bonds is 10. The van der Waals surface area contributed by atoms with E-state index in [9.17, 15) is 23.3 Å². The summed E-state index contributed by atoms with van der Waals surface area (Å²) in [5, 5.41) is 16.0. The number of sulfonamides is 1. The standard InChI is InChI=1S/C20H20N4O7S2/c1-30-18-7-15(17(24(26)27)8-19(18)31-10-14-11-32-12-22-14)20(25)21-9-13-5-3-4-6-16(13)23-33(2,28)29/h3-8,11-12,23H,9-10H2,1-2H3,(H,21,25). The summed E-state index contributed by atoms with van der Waals surface area (Å²) in [4.78, 5) is 27.8. The number of benzene rings is 2. The van der Waals surface area contributed by atoms with Crippen molar-refractivity contribution in [3.63, 3.8) is 0 Å². The molecule has 0 saturated heterocycles. The number of carbonyl (C=O) groups excluding carboxylic acids is 1. The number of carbonyl (C=O) groups is 1. The summed E-state index contributed by atoms with van der Waals surface area (Å²) in [6.45, 7) is 0.00571. The molecule has 3 rings (SSSR count). The van der Waals surface area contributed by atoms with E-state index in [1.54, 1.807) is 35.2 Å². The largest absolute Gasteiger partial charge is 0.493 e. The van der Waals surface area contributed by atoms with E-state index in [4.69, 9.17) is 9.47 Å². The lowest BCUT2D eigenvalue weighted by Crippen LogP contribution is -2.24. The minimum Gasteiger partial charge on any atom is -0.493 e. The number of ether oxygens (including phenoxy) is 2. The van der Waals surface area contributed by atoms with Crippen molar-refractivity contribution in [2.24, 2.45) is 0 Å². The normalized spacial score (nSPS) is 11.0. The molecule has 0 radical (unpaired) electrons. The minimum absolute atomic E-state index is 0.0704. The maximum atomic E-state index is 12.8. The minimum atomic E-state index is -3.53. The van der Waals surface area contributed by atoms with Gasteiger partial charge in [-0.25, -0.2) is 13.4 Å². The molecule has 1 heterocycles. The third kappa shape index (κ3) is 6.40. The Morgan fingerprint density at radius 3 is 2.64 bits per heavy atom. The summed E-state index contributed by atoms with van der Waals surface area (Å²) < 4.78 is 36.3. The van der Waals surface area contributed by atoms with Crippen LogP contribution in [-0.2, 0) is 23.2 Å². The summed E-state index contributed by atoms with van der Waals surface area (Å²) in [5.41, 5.74) is 2.35. The molecule has 0 aliphatic heterocycles. The summed E-state index contributed by atoms with van der Waals surface area (Å²) in [6.07, 6.45) is 1.01. The predicted molar refractivity (Wildman–Crippen MR) is 122 cm³/mol. The first-order valence-corrected chi connectivity index (χ1v) is 12.2. The summed E-state index contributed by atoms with van der Waals surface area (Å²) >= 11 is 1.39. The maximum Gasteiger partial charge on any atom is 0.286 e. The number of anilines is 1. The zero-order valence-corrected chi connectivity index (χ0v) is 19.2. The first kappa shape index (κ1) is 23.9. The van der Waals surface area contributed by atoms with Crippen LogP contribution in [0.3, 0.4) is 0 Å². The second-order valence-corrected chi connectivity index (χ2v) is 9.23. The lowest BCUT2D eigenvalue weighted by Gasteiger charge is -2.14. The van der Waals surface area contributed by atoms with Crippen LogP contribution in [0.15, 0.2) is 47.3 Å². The van der Waals surface area contributed by atoms with Crippen LogP contribution in [0.5, 0.6) is 11.5 Å². The Hall–Kier alpha value is -3.71. The van der Waals surface area contributed by atoms with Gasteiger partial charge in [-0.2, -0.15) is 0 Å². The van der Waals surface area contributed by atoms with Gasteiger partial charge in [0.2, 0.25) is 10.0 Å². The summed E-state index contributed by atoms with van der Waals surface area (Å²) in [5.74, 6) is -0.503. The molecule has 3 aromatic rings. The molecule has 1 amide bonds. The second-order valence-electron chi connectivity index (χ2n) is 6.76. The second kappa shape index (κ2) is 10.3. The summed E-state index contributed by atoms with van der Waals surface area (Å²) in [7, 11) is -2.18. The molecule has 2 N–H and O–H groups in total. The number of hydrogen-bond donors (Lipinski definition) is 2. The number of nitrogens with zero attached hydrogens (tertiary/aromatic N) is 2. The molecule has 0 aliphatic carbocycles. The van der Waals surface area contributed by atoms with Gasteiger partial charge < -0.3 is 14.8 Å². The van der Waals surface area contributed by atoms with Crippen LogP contribution in [0.1, 0.15) is 21.6 Å². The van der Waals surface area contributed by atoms with Gasteiger partial charge >= 0.3 is 0 Å². The third-order valence-electron chi connectivity index (χ3n) is 4.33. The van der Waals surface area contributed by atoms with E-state index in [-0.39, 0.29) is 35.9 Å². The van der Waals surface area contributed by atoms with Gasteiger partial charge in [0.05, 0.1) is 41.2 Å². The number of nitro benzene ring substituents is 1. The predicted octanol–water partition coefficient (Wildman–Crippen LogP) is 2.94. The molecular weight excluding hydrogens is 472 g/mol. The molecule has 0 aliphatic rings. The first-order valence-electron chi connectivity index (χ1n) is 9.38. The molecule has 13 heteroatoms. The molecule has 0 bridgehead atoms. The Labute approximate surface area is 193 Å². The van der Waals surface area contributed by atoms with Crippen molar-refractivity contribution in [3.8, 4) is 11.5 Å². The van der Waals surface area contributed by atoms with Crippen molar-refractivity contribution in [2.45, 2.75) is 13.2 Å². The topological polar surface area (TPSA) is 150 Å².